The minimum atomic E-state index is -0.947. The summed E-state index contributed by atoms with van der Waals surface area (Å²) in [7, 11) is 1.53. The number of carboxylic acids is 1. The van der Waals surface area contributed by atoms with E-state index in [-0.39, 0.29) is 25.4 Å². The Bertz CT molecular complexity index is 245. The predicted octanol–water partition coefficient (Wildman–Crippen LogP) is -0.858. The second kappa shape index (κ2) is 6.92. The summed E-state index contributed by atoms with van der Waals surface area (Å²) in [5.74, 6) is 1.27. The van der Waals surface area contributed by atoms with Crippen molar-refractivity contribution in [3.05, 3.63) is 0 Å². The molecule has 0 atom stereocenters. The molecule has 78 valence electrons. The Balaban J connectivity index is 3.91. The highest BCUT2D eigenvalue weighted by Gasteiger charge is 2.09. The van der Waals surface area contributed by atoms with E-state index in [4.69, 9.17) is 11.5 Å². The first kappa shape index (κ1) is 12.5. The number of carbonyl (C=O) groups is 2. The summed E-state index contributed by atoms with van der Waals surface area (Å²) in [5, 5.41) is 11.0. The van der Waals surface area contributed by atoms with Gasteiger partial charge in [-0.3, -0.25) is 14.5 Å². The van der Waals surface area contributed by atoms with Crippen LogP contribution in [0.2, 0.25) is 0 Å². The molecule has 0 rings (SSSR count). The van der Waals surface area contributed by atoms with Crippen molar-refractivity contribution < 1.29 is 14.7 Å². The van der Waals surface area contributed by atoms with Gasteiger partial charge in [0.05, 0.1) is 13.1 Å². The second-order valence-corrected chi connectivity index (χ2v) is 2.73. The molecule has 0 aliphatic rings. The third-order valence-electron chi connectivity index (χ3n) is 1.61. The minimum Gasteiger partial charge on any atom is -0.480 e. The second-order valence-electron chi connectivity index (χ2n) is 2.73. The van der Waals surface area contributed by atoms with Crippen LogP contribution in [0, 0.1) is 12.3 Å². The lowest BCUT2D eigenvalue weighted by molar-refractivity contribution is -0.138. The van der Waals surface area contributed by atoms with Crippen LogP contribution in [0.1, 0.15) is 6.42 Å². The van der Waals surface area contributed by atoms with Gasteiger partial charge in [0.2, 0.25) is 5.91 Å². The number of aliphatic carboxylic acids is 1. The molecule has 0 aromatic rings. The maximum Gasteiger partial charge on any atom is 0.317 e. The van der Waals surface area contributed by atoms with E-state index in [1.54, 1.807) is 0 Å². The largest absolute Gasteiger partial charge is 0.480 e. The Morgan fingerprint density at radius 1 is 1.57 bits per heavy atom. The fourth-order valence-electron chi connectivity index (χ4n) is 0.919. The molecule has 0 aromatic heterocycles. The van der Waals surface area contributed by atoms with Crippen molar-refractivity contribution in [1.29, 1.82) is 0 Å². The van der Waals surface area contributed by atoms with E-state index >= 15 is 0 Å². The predicted molar refractivity (Wildman–Crippen MR) is 51.6 cm³/mol. The lowest BCUT2D eigenvalue weighted by Gasteiger charge is -2.16. The molecule has 0 unspecified atom stereocenters. The number of carboxylic acid groups (broad SMARTS) is 1. The lowest BCUT2D eigenvalue weighted by Crippen LogP contribution is -2.33. The van der Waals surface area contributed by atoms with Gasteiger partial charge in [-0.25, -0.2) is 0 Å². The van der Waals surface area contributed by atoms with Crippen molar-refractivity contribution in [1.82, 2.24) is 10.2 Å². The Morgan fingerprint density at radius 3 is 2.64 bits per heavy atom. The molecule has 0 fully saturated rings. The molecule has 0 heterocycles. The van der Waals surface area contributed by atoms with Gasteiger partial charge >= 0.3 is 5.97 Å². The molecule has 2 N–H and O–H groups in total. The smallest absolute Gasteiger partial charge is 0.317 e. The van der Waals surface area contributed by atoms with E-state index in [9.17, 15) is 9.59 Å². The molecular weight excluding hydrogens is 184 g/mol. The van der Waals surface area contributed by atoms with Gasteiger partial charge < -0.3 is 10.4 Å². The highest BCUT2D eigenvalue weighted by atomic mass is 16.4. The van der Waals surface area contributed by atoms with Gasteiger partial charge in [0.15, 0.2) is 0 Å². The minimum absolute atomic E-state index is 0.127. The first-order valence-corrected chi connectivity index (χ1v) is 4.18. The number of nitrogens with zero attached hydrogens (tertiary/aromatic N) is 1. The molecule has 0 saturated carbocycles. The van der Waals surface area contributed by atoms with E-state index in [2.05, 4.69) is 11.2 Å². The van der Waals surface area contributed by atoms with Crippen LogP contribution in [0.15, 0.2) is 0 Å². The van der Waals surface area contributed by atoms with Crippen LogP contribution in [0.5, 0.6) is 0 Å². The number of nitrogens with one attached hydrogen (secondary N) is 1. The molecule has 0 aliphatic heterocycles. The van der Waals surface area contributed by atoms with Crippen molar-refractivity contribution in [2.24, 2.45) is 0 Å². The normalized spacial score (nSPS) is 9.50. The molecule has 0 saturated heterocycles. The lowest BCUT2D eigenvalue weighted by atomic mass is 10.3. The van der Waals surface area contributed by atoms with Gasteiger partial charge in [-0.2, -0.15) is 0 Å². The zero-order valence-electron chi connectivity index (χ0n) is 8.12. The van der Waals surface area contributed by atoms with Gasteiger partial charge in [-0.15, -0.1) is 6.42 Å². The van der Waals surface area contributed by atoms with E-state index in [0.717, 1.165) is 0 Å². The maximum absolute atomic E-state index is 10.9. The third-order valence-corrected chi connectivity index (χ3v) is 1.61. The Kier molecular flexibility index (Phi) is 6.16. The topological polar surface area (TPSA) is 69.6 Å². The third kappa shape index (κ3) is 6.03. The van der Waals surface area contributed by atoms with Crippen LogP contribution in [0.25, 0.3) is 0 Å². The van der Waals surface area contributed by atoms with Crippen LogP contribution in [-0.2, 0) is 9.59 Å². The van der Waals surface area contributed by atoms with Gasteiger partial charge in [0.25, 0.3) is 0 Å². The standard InChI is InChI=1S/C9H14N2O3/c1-3-5-11(7-9(13)14)6-4-8(12)10-2/h1H,4-7H2,2H3,(H,10,12)(H,13,14). The first-order chi connectivity index (χ1) is 6.60. The summed E-state index contributed by atoms with van der Waals surface area (Å²) in [6.07, 6.45) is 5.31. The zero-order valence-corrected chi connectivity index (χ0v) is 8.12. The highest BCUT2D eigenvalue weighted by Crippen LogP contribution is 1.91. The Morgan fingerprint density at radius 2 is 2.21 bits per heavy atom. The van der Waals surface area contributed by atoms with Crippen molar-refractivity contribution in [3.63, 3.8) is 0 Å². The summed E-state index contributed by atoms with van der Waals surface area (Å²) in [6, 6.07) is 0. The average molecular weight is 198 g/mol. The summed E-state index contributed by atoms with van der Waals surface area (Å²) in [5.41, 5.74) is 0. The zero-order chi connectivity index (χ0) is 11.0. The van der Waals surface area contributed by atoms with Crippen LogP contribution in [0.3, 0.4) is 0 Å². The van der Waals surface area contributed by atoms with Crippen molar-refractivity contribution in [2.45, 2.75) is 6.42 Å². The summed E-state index contributed by atoms with van der Waals surface area (Å²) < 4.78 is 0. The van der Waals surface area contributed by atoms with Crippen LogP contribution in [-0.4, -0.2) is 48.6 Å². The number of hydrogen-bond acceptors (Lipinski definition) is 3. The molecule has 14 heavy (non-hydrogen) atoms. The molecule has 0 bridgehead atoms. The van der Waals surface area contributed by atoms with Crippen LogP contribution in [0.4, 0.5) is 0 Å². The van der Waals surface area contributed by atoms with Gasteiger partial charge in [0.1, 0.15) is 0 Å². The van der Waals surface area contributed by atoms with Crippen molar-refractivity contribution >= 4 is 11.9 Å². The van der Waals surface area contributed by atoms with Crippen molar-refractivity contribution in [3.8, 4) is 12.3 Å². The molecule has 1 amide bonds. The van der Waals surface area contributed by atoms with E-state index < -0.39 is 5.97 Å². The molecule has 5 heteroatoms. The number of rotatable bonds is 6. The fraction of sp³-hybridized carbons (Fsp3) is 0.556. The Hall–Kier alpha value is -1.54. The Labute approximate surface area is 83.1 Å². The molecule has 0 spiro atoms. The summed E-state index contributed by atoms with van der Waals surface area (Å²) in [6.45, 7) is 0.459. The maximum atomic E-state index is 10.9. The number of carbonyl (C=O) groups excluding carboxylic acids is 1. The van der Waals surface area contributed by atoms with E-state index in [0.29, 0.717) is 6.54 Å². The van der Waals surface area contributed by atoms with E-state index in [1.165, 1.54) is 11.9 Å². The monoisotopic (exact) mass is 198 g/mol. The molecule has 0 aromatic carbocycles. The highest BCUT2D eigenvalue weighted by molar-refractivity contribution is 5.75. The van der Waals surface area contributed by atoms with Crippen LogP contribution < -0.4 is 5.32 Å². The SMILES string of the molecule is C#CCN(CCC(=O)NC)CC(=O)O. The van der Waals surface area contributed by atoms with Gasteiger partial charge in [0, 0.05) is 20.0 Å². The molecule has 0 radical (unpaired) electrons. The molecule has 0 aliphatic carbocycles. The van der Waals surface area contributed by atoms with Gasteiger partial charge in [-0.1, -0.05) is 5.92 Å². The number of amides is 1. The first-order valence-electron chi connectivity index (χ1n) is 4.18. The summed E-state index contributed by atoms with van der Waals surface area (Å²) >= 11 is 0. The molecule has 5 nitrogen and oxygen atoms in total. The van der Waals surface area contributed by atoms with Crippen LogP contribution >= 0.6 is 0 Å². The molecular formula is C9H14N2O3. The fourth-order valence-corrected chi connectivity index (χ4v) is 0.919. The number of hydrogen-bond donors (Lipinski definition) is 2. The average Bonchev–Trinajstić information content (AvgIpc) is 2.13. The van der Waals surface area contributed by atoms with Crippen molar-refractivity contribution in [2.75, 3.05) is 26.7 Å². The van der Waals surface area contributed by atoms with Gasteiger partial charge in [-0.05, 0) is 0 Å². The summed E-state index contributed by atoms with van der Waals surface area (Å²) in [4.78, 5) is 22.8. The quantitative estimate of drug-likeness (QED) is 0.545. The van der Waals surface area contributed by atoms with E-state index in [1.807, 2.05) is 0 Å². The number of terminal acetylenes is 1.